The molecule has 2 aromatic carbocycles. The monoisotopic (exact) mass is 416 g/mol. The molecule has 9 heteroatoms. The van der Waals surface area contributed by atoms with Gasteiger partial charge >= 0.3 is 0 Å². The van der Waals surface area contributed by atoms with Gasteiger partial charge in [-0.3, -0.25) is 19.8 Å². The Labute approximate surface area is 170 Å². The van der Waals surface area contributed by atoms with Gasteiger partial charge in [0.1, 0.15) is 4.32 Å². The van der Waals surface area contributed by atoms with E-state index in [2.05, 4.69) is 0 Å². The molecule has 7 nitrogen and oxygen atoms in total. The van der Waals surface area contributed by atoms with Crippen LogP contribution < -0.4 is 4.74 Å². The number of carbonyl (C=O) groups excluding carboxylic acids is 1. The number of benzene rings is 2. The molecule has 0 atom stereocenters. The molecule has 1 aliphatic heterocycles. The fourth-order valence-electron chi connectivity index (χ4n) is 2.70. The number of carbonyl (C=O) groups is 1. The zero-order valence-electron chi connectivity index (χ0n) is 14.8. The highest BCUT2D eigenvalue weighted by Crippen LogP contribution is 2.39. The summed E-state index contributed by atoms with van der Waals surface area (Å²) in [7, 11) is 1.30. The number of nitrogens with zero attached hydrogens (tertiary/aromatic N) is 2. The molecule has 28 heavy (non-hydrogen) atoms. The van der Waals surface area contributed by atoms with Crippen molar-refractivity contribution in [2.75, 3.05) is 13.7 Å². The normalized spacial score (nSPS) is 15.3. The molecule has 0 radical (unpaired) electrons. The molecule has 1 N–H and O–H groups in total. The molecule has 1 amide bonds. The molecule has 1 saturated heterocycles. The molecule has 0 saturated carbocycles. The number of aromatic hydroxyl groups is 1. The molecule has 1 aliphatic rings. The fourth-order valence-corrected chi connectivity index (χ4v) is 4.00. The van der Waals surface area contributed by atoms with Crippen LogP contribution in [0.4, 0.5) is 5.69 Å². The number of hydrogen-bond acceptors (Lipinski definition) is 7. The van der Waals surface area contributed by atoms with E-state index in [0.717, 1.165) is 23.4 Å². The van der Waals surface area contributed by atoms with E-state index in [4.69, 9.17) is 17.0 Å². The van der Waals surface area contributed by atoms with Crippen LogP contribution in [0.15, 0.2) is 47.4 Å². The van der Waals surface area contributed by atoms with Crippen molar-refractivity contribution in [2.24, 2.45) is 0 Å². The Morgan fingerprint density at radius 2 is 2.04 bits per heavy atom. The van der Waals surface area contributed by atoms with Gasteiger partial charge in [0, 0.05) is 18.2 Å². The van der Waals surface area contributed by atoms with Crippen LogP contribution in [0, 0.1) is 10.1 Å². The van der Waals surface area contributed by atoms with Gasteiger partial charge < -0.3 is 9.84 Å². The summed E-state index contributed by atoms with van der Waals surface area (Å²) >= 11 is 6.40. The van der Waals surface area contributed by atoms with E-state index in [1.165, 1.54) is 24.2 Å². The number of thioether (sulfide) groups is 1. The van der Waals surface area contributed by atoms with Crippen LogP contribution in [0.25, 0.3) is 6.08 Å². The largest absolute Gasteiger partial charge is 0.504 e. The van der Waals surface area contributed by atoms with Crippen molar-refractivity contribution >= 4 is 46.0 Å². The lowest BCUT2D eigenvalue weighted by Gasteiger charge is -2.14. The van der Waals surface area contributed by atoms with Crippen LogP contribution in [0.2, 0.25) is 0 Å². The van der Waals surface area contributed by atoms with Crippen LogP contribution in [-0.2, 0) is 11.2 Å². The lowest BCUT2D eigenvalue weighted by atomic mass is 10.1. The average Bonchev–Trinajstić information content (AvgIpc) is 2.95. The maximum Gasteiger partial charge on any atom is 0.274 e. The molecule has 0 aromatic heterocycles. The molecule has 1 fully saturated rings. The van der Waals surface area contributed by atoms with Crippen LogP contribution in [0.5, 0.6) is 11.5 Å². The van der Waals surface area contributed by atoms with Crippen molar-refractivity contribution in [1.29, 1.82) is 0 Å². The third-order valence-corrected chi connectivity index (χ3v) is 5.52. The standard InChI is InChI=1S/C19H16N2O5S2/c1-26-15-11-14(21(24)25)9-13(17(15)22)10-16-18(23)20(19(27)28-16)8-7-12-5-3-2-4-6-12/h2-6,9-11,22H,7-8H2,1H3/b16-10+. The van der Waals surface area contributed by atoms with Crippen LogP contribution >= 0.6 is 24.0 Å². The molecular weight excluding hydrogens is 400 g/mol. The van der Waals surface area contributed by atoms with Gasteiger partial charge in [-0.25, -0.2) is 0 Å². The fraction of sp³-hybridized carbons (Fsp3) is 0.158. The van der Waals surface area contributed by atoms with Crippen LogP contribution in [-0.4, -0.2) is 38.8 Å². The summed E-state index contributed by atoms with van der Waals surface area (Å²) in [6, 6.07) is 12.0. The second-order valence-corrected chi connectivity index (χ2v) is 7.59. The highest BCUT2D eigenvalue weighted by Gasteiger charge is 2.32. The minimum Gasteiger partial charge on any atom is -0.504 e. The number of ether oxygens (including phenoxy) is 1. The van der Waals surface area contributed by atoms with Gasteiger partial charge in [0.05, 0.1) is 23.0 Å². The molecule has 0 spiro atoms. The summed E-state index contributed by atoms with van der Waals surface area (Å²) in [4.78, 5) is 25.0. The summed E-state index contributed by atoms with van der Waals surface area (Å²) in [6.07, 6.45) is 2.04. The van der Waals surface area contributed by atoms with Crippen LogP contribution in [0.1, 0.15) is 11.1 Å². The van der Waals surface area contributed by atoms with E-state index in [1.54, 1.807) is 0 Å². The number of rotatable bonds is 6. The molecular formula is C19H16N2O5S2. The maximum absolute atomic E-state index is 12.7. The maximum atomic E-state index is 12.7. The Hall–Kier alpha value is -2.91. The number of phenolic OH excluding ortho intramolecular Hbond substituents is 1. The van der Waals surface area contributed by atoms with Crippen molar-refractivity contribution in [2.45, 2.75) is 6.42 Å². The number of hydrogen-bond donors (Lipinski definition) is 1. The first kappa shape index (κ1) is 19.8. The first-order chi connectivity index (χ1) is 13.4. The summed E-state index contributed by atoms with van der Waals surface area (Å²) in [5.41, 5.74) is 0.955. The Morgan fingerprint density at radius 3 is 2.68 bits per heavy atom. The SMILES string of the molecule is COc1cc([N+](=O)[O-])cc(/C=C2/SC(=S)N(CCc3ccccc3)C2=O)c1O. The van der Waals surface area contributed by atoms with E-state index in [1.807, 2.05) is 30.3 Å². The predicted octanol–water partition coefficient (Wildman–Crippen LogP) is 3.75. The molecule has 144 valence electrons. The number of non-ortho nitro benzene ring substituents is 1. The van der Waals surface area contributed by atoms with Crippen molar-refractivity contribution in [3.8, 4) is 11.5 Å². The van der Waals surface area contributed by atoms with Crippen molar-refractivity contribution in [3.63, 3.8) is 0 Å². The van der Waals surface area contributed by atoms with Gasteiger partial charge in [-0.1, -0.05) is 54.3 Å². The van der Waals surface area contributed by atoms with Gasteiger partial charge in [-0.05, 0) is 18.1 Å². The predicted molar refractivity (Wildman–Crippen MR) is 111 cm³/mol. The zero-order chi connectivity index (χ0) is 20.3. The third-order valence-electron chi connectivity index (χ3n) is 4.15. The number of nitro groups is 1. The van der Waals surface area contributed by atoms with E-state index in [-0.39, 0.29) is 33.6 Å². The Balaban J connectivity index is 1.85. The summed E-state index contributed by atoms with van der Waals surface area (Å²) in [5, 5.41) is 21.4. The number of thiocarbonyl (C=S) groups is 1. The van der Waals surface area contributed by atoms with Gasteiger partial charge in [-0.2, -0.15) is 0 Å². The lowest BCUT2D eigenvalue weighted by Crippen LogP contribution is -2.30. The number of methoxy groups -OCH3 is 1. The minimum absolute atomic E-state index is 0.0417. The van der Waals surface area contributed by atoms with Crippen molar-refractivity contribution in [3.05, 3.63) is 68.6 Å². The van der Waals surface area contributed by atoms with E-state index in [0.29, 0.717) is 17.3 Å². The molecule has 2 aromatic rings. The summed E-state index contributed by atoms with van der Waals surface area (Å²) in [5.74, 6) is -0.613. The molecule has 1 heterocycles. The topological polar surface area (TPSA) is 92.9 Å². The summed E-state index contributed by atoms with van der Waals surface area (Å²) < 4.78 is 5.39. The van der Waals surface area contributed by atoms with Gasteiger partial charge in [0.15, 0.2) is 11.5 Å². The van der Waals surface area contributed by atoms with Gasteiger partial charge in [0.25, 0.3) is 11.6 Å². The quantitative estimate of drug-likeness (QED) is 0.332. The summed E-state index contributed by atoms with van der Waals surface area (Å²) in [6.45, 7) is 0.427. The highest BCUT2D eigenvalue weighted by atomic mass is 32.2. The first-order valence-corrected chi connectivity index (χ1v) is 9.48. The Morgan fingerprint density at radius 1 is 1.32 bits per heavy atom. The number of amides is 1. The zero-order valence-corrected chi connectivity index (χ0v) is 16.5. The molecule has 0 unspecified atom stereocenters. The highest BCUT2D eigenvalue weighted by molar-refractivity contribution is 8.26. The van der Waals surface area contributed by atoms with E-state index in [9.17, 15) is 20.0 Å². The number of phenols is 1. The smallest absolute Gasteiger partial charge is 0.274 e. The number of nitro benzene ring substituents is 1. The molecule has 0 bridgehead atoms. The Kier molecular flexibility index (Phi) is 5.96. The second-order valence-electron chi connectivity index (χ2n) is 5.91. The van der Waals surface area contributed by atoms with Crippen molar-refractivity contribution < 1.29 is 19.6 Å². The van der Waals surface area contributed by atoms with Gasteiger partial charge in [-0.15, -0.1) is 0 Å². The van der Waals surface area contributed by atoms with E-state index < -0.39 is 4.92 Å². The van der Waals surface area contributed by atoms with E-state index >= 15 is 0 Å². The third kappa shape index (κ3) is 4.15. The van der Waals surface area contributed by atoms with Crippen molar-refractivity contribution in [1.82, 2.24) is 4.90 Å². The lowest BCUT2D eigenvalue weighted by molar-refractivity contribution is -0.385. The molecule has 3 rings (SSSR count). The molecule has 0 aliphatic carbocycles. The average molecular weight is 416 g/mol. The van der Waals surface area contributed by atoms with Crippen LogP contribution in [0.3, 0.4) is 0 Å². The minimum atomic E-state index is -0.593. The first-order valence-electron chi connectivity index (χ1n) is 8.25. The second kappa shape index (κ2) is 8.41. The Bertz CT molecular complexity index is 976. The van der Waals surface area contributed by atoms with Gasteiger partial charge in [0.2, 0.25) is 0 Å².